The van der Waals surface area contributed by atoms with Crippen LogP contribution >= 0.6 is 0 Å². The van der Waals surface area contributed by atoms with Crippen LogP contribution in [0.1, 0.15) is 26.2 Å². The van der Waals surface area contributed by atoms with Gasteiger partial charge in [0.2, 0.25) is 17.5 Å². The number of carboxylic acid groups (broad SMARTS) is 1. The summed E-state index contributed by atoms with van der Waals surface area (Å²) in [6.07, 6.45) is 3.60. The zero-order valence-electron chi connectivity index (χ0n) is 10.7. The molecule has 0 saturated carbocycles. The second-order valence-corrected chi connectivity index (χ2v) is 5.00. The van der Waals surface area contributed by atoms with Crippen molar-refractivity contribution in [2.45, 2.75) is 26.7 Å². The molecule has 0 saturated heterocycles. The van der Waals surface area contributed by atoms with Crippen LogP contribution in [-0.4, -0.2) is 31.2 Å². The lowest BCUT2D eigenvalue weighted by Gasteiger charge is -2.19. The highest BCUT2D eigenvalue weighted by molar-refractivity contribution is 5.67. The zero-order valence-corrected chi connectivity index (χ0v) is 10.7. The average Bonchev–Trinajstić information content (AvgIpc) is 2.76. The van der Waals surface area contributed by atoms with E-state index in [-0.39, 0.29) is 6.42 Å². The average molecular weight is 262 g/mol. The predicted octanol–water partition coefficient (Wildman–Crippen LogP) is 1.57. The van der Waals surface area contributed by atoms with Crippen molar-refractivity contribution in [1.29, 1.82) is 0 Å². The van der Waals surface area contributed by atoms with E-state index in [1.807, 2.05) is 13.8 Å². The minimum absolute atomic E-state index is 0.0343. The maximum atomic E-state index is 10.7. The molecule has 0 radical (unpaired) electrons. The summed E-state index contributed by atoms with van der Waals surface area (Å²) >= 11 is 0. The highest BCUT2D eigenvalue weighted by Crippen LogP contribution is 2.25. The van der Waals surface area contributed by atoms with E-state index in [2.05, 4.69) is 20.1 Å². The third-order valence-electron chi connectivity index (χ3n) is 2.49. The number of aliphatic carboxylic acids is 1. The summed E-state index contributed by atoms with van der Waals surface area (Å²) in [6.45, 7) is 3.67. The Morgan fingerprint density at radius 1 is 1.32 bits per heavy atom. The number of carboxylic acids is 1. The lowest BCUT2D eigenvalue weighted by atomic mass is 9.86. The molecule has 100 valence electrons. The van der Waals surface area contributed by atoms with Gasteiger partial charge in [-0.15, -0.1) is 0 Å². The molecule has 0 spiro atoms. The Kier molecular flexibility index (Phi) is 3.55. The van der Waals surface area contributed by atoms with Crippen molar-refractivity contribution in [3.8, 4) is 11.6 Å². The number of carbonyl (C=O) groups is 1. The van der Waals surface area contributed by atoms with Gasteiger partial charge in [0, 0.05) is 18.8 Å². The maximum Gasteiger partial charge on any atom is 0.303 e. The van der Waals surface area contributed by atoms with Gasteiger partial charge in [0.15, 0.2) is 0 Å². The molecule has 0 aliphatic rings. The monoisotopic (exact) mass is 262 g/mol. The summed E-state index contributed by atoms with van der Waals surface area (Å²) < 4.78 is 5.10. The maximum absolute atomic E-state index is 10.7. The van der Waals surface area contributed by atoms with Crippen molar-refractivity contribution >= 4 is 5.97 Å². The van der Waals surface area contributed by atoms with Crippen LogP contribution < -0.4 is 0 Å². The van der Waals surface area contributed by atoms with Gasteiger partial charge in [-0.1, -0.05) is 19.0 Å². The van der Waals surface area contributed by atoms with E-state index in [0.717, 1.165) is 0 Å². The molecule has 0 unspecified atom stereocenters. The van der Waals surface area contributed by atoms with E-state index in [4.69, 9.17) is 9.63 Å². The molecule has 0 fully saturated rings. The Morgan fingerprint density at radius 2 is 2.00 bits per heavy atom. The molecule has 19 heavy (non-hydrogen) atoms. The van der Waals surface area contributed by atoms with E-state index in [1.165, 1.54) is 0 Å². The smallest absolute Gasteiger partial charge is 0.303 e. The third kappa shape index (κ3) is 3.57. The number of hydrogen-bond donors (Lipinski definition) is 1. The fourth-order valence-electron chi connectivity index (χ4n) is 1.71. The number of hydrogen-bond acceptors (Lipinski definition) is 6. The van der Waals surface area contributed by atoms with Gasteiger partial charge in [-0.05, 0) is 11.5 Å². The molecule has 7 heteroatoms. The van der Waals surface area contributed by atoms with Crippen LogP contribution in [0.2, 0.25) is 0 Å². The lowest BCUT2D eigenvalue weighted by Crippen LogP contribution is -2.19. The molecule has 7 nitrogen and oxygen atoms in total. The van der Waals surface area contributed by atoms with Gasteiger partial charge in [-0.25, -0.2) is 9.97 Å². The van der Waals surface area contributed by atoms with Crippen molar-refractivity contribution in [3.05, 3.63) is 24.4 Å². The van der Waals surface area contributed by atoms with Crippen molar-refractivity contribution in [2.75, 3.05) is 0 Å². The summed E-state index contributed by atoms with van der Waals surface area (Å²) in [4.78, 5) is 23.0. The highest BCUT2D eigenvalue weighted by Gasteiger charge is 2.25. The second-order valence-electron chi connectivity index (χ2n) is 5.00. The van der Waals surface area contributed by atoms with Crippen molar-refractivity contribution in [3.63, 3.8) is 0 Å². The topological polar surface area (TPSA) is 102 Å². The predicted molar refractivity (Wildman–Crippen MR) is 65.1 cm³/mol. The minimum Gasteiger partial charge on any atom is -0.481 e. The van der Waals surface area contributed by atoms with Gasteiger partial charge in [-0.3, -0.25) is 4.79 Å². The molecule has 0 amide bonds. The van der Waals surface area contributed by atoms with E-state index >= 15 is 0 Å². The van der Waals surface area contributed by atoms with Crippen LogP contribution in [0.15, 0.2) is 23.0 Å². The van der Waals surface area contributed by atoms with Crippen LogP contribution in [0.3, 0.4) is 0 Å². The van der Waals surface area contributed by atoms with Crippen molar-refractivity contribution in [2.24, 2.45) is 5.41 Å². The van der Waals surface area contributed by atoms with E-state index in [0.29, 0.717) is 24.0 Å². The summed E-state index contributed by atoms with van der Waals surface area (Å²) in [5, 5.41) is 12.6. The van der Waals surface area contributed by atoms with Crippen molar-refractivity contribution in [1.82, 2.24) is 20.1 Å². The Morgan fingerprint density at radius 3 is 2.63 bits per heavy atom. The minimum atomic E-state index is -0.851. The molecular formula is C12H14N4O3. The Balaban J connectivity index is 2.12. The zero-order chi connectivity index (χ0) is 13.9. The summed E-state index contributed by atoms with van der Waals surface area (Å²) in [7, 11) is 0. The van der Waals surface area contributed by atoms with Gasteiger partial charge in [0.05, 0.1) is 6.42 Å². The third-order valence-corrected chi connectivity index (χ3v) is 2.49. The molecule has 0 aromatic carbocycles. The van der Waals surface area contributed by atoms with Crippen LogP contribution in [0.4, 0.5) is 0 Å². The first-order valence-electron chi connectivity index (χ1n) is 5.78. The number of rotatable bonds is 5. The van der Waals surface area contributed by atoms with Gasteiger partial charge in [0.1, 0.15) is 0 Å². The van der Waals surface area contributed by atoms with Gasteiger partial charge >= 0.3 is 5.97 Å². The highest BCUT2D eigenvalue weighted by atomic mass is 16.5. The molecule has 0 bridgehead atoms. The molecule has 0 aliphatic carbocycles. The van der Waals surface area contributed by atoms with Crippen LogP contribution in [-0.2, 0) is 11.2 Å². The Hall–Kier alpha value is -2.31. The van der Waals surface area contributed by atoms with E-state index < -0.39 is 11.4 Å². The molecule has 2 aromatic rings. The largest absolute Gasteiger partial charge is 0.481 e. The molecule has 2 rings (SSSR count). The first kappa shape index (κ1) is 13.1. The number of aromatic nitrogens is 4. The van der Waals surface area contributed by atoms with Crippen LogP contribution in [0, 0.1) is 5.41 Å². The fourth-order valence-corrected chi connectivity index (χ4v) is 1.71. The second kappa shape index (κ2) is 5.13. The SMILES string of the molecule is CC(C)(CC(=O)O)Cc1nc(-c2ncccn2)no1. The first-order chi connectivity index (χ1) is 8.96. The summed E-state index contributed by atoms with van der Waals surface area (Å²) in [5.41, 5.74) is -0.451. The standard InChI is InChI=1S/C12H14N4O3/c1-12(2,7-9(17)18)6-8-15-11(16-19-8)10-13-4-3-5-14-10/h3-5H,6-7H2,1-2H3,(H,17,18). The summed E-state index contributed by atoms with van der Waals surface area (Å²) in [5.74, 6) is 0.222. The summed E-state index contributed by atoms with van der Waals surface area (Å²) in [6, 6.07) is 1.69. The van der Waals surface area contributed by atoms with E-state index in [9.17, 15) is 4.79 Å². The van der Waals surface area contributed by atoms with Crippen molar-refractivity contribution < 1.29 is 14.4 Å². The fraction of sp³-hybridized carbons (Fsp3) is 0.417. The molecule has 2 aromatic heterocycles. The van der Waals surface area contributed by atoms with Gasteiger partial charge in [-0.2, -0.15) is 4.98 Å². The quantitative estimate of drug-likeness (QED) is 0.872. The molecule has 0 atom stereocenters. The molecule has 0 aliphatic heterocycles. The van der Waals surface area contributed by atoms with Gasteiger partial charge in [0.25, 0.3) is 0 Å². The number of nitrogens with zero attached hydrogens (tertiary/aromatic N) is 4. The molecular weight excluding hydrogens is 248 g/mol. The molecule has 2 heterocycles. The normalized spacial score (nSPS) is 11.5. The Bertz CT molecular complexity index is 565. The molecule has 1 N–H and O–H groups in total. The van der Waals surface area contributed by atoms with Crippen LogP contribution in [0.25, 0.3) is 11.6 Å². The van der Waals surface area contributed by atoms with E-state index in [1.54, 1.807) is 18.5 Å². The van der Waals surface area contributed by atoms with Crippen LogP contribution in [0.5, 0.6) is 0 Å². The van der Waals surface area contributed by atoms with Gasteiger partial charge < -0.3 is 9.63 Å². The lowest BCUT2D eigenvalue weighted by molar-refractivity contribution is -0.139. The first-order valence-corrected chi connectivity index (χ1v) is 5.78. The Labute approximate surface area is 109 Å².